The van der Waals surface area contributed by atoms with Crippen LogP contribution in [0.25, 0.3) is 0 Å². The van der Waals surface area contributed by atoms with E-state index in [0.717, 1.165) is 4.90 Å². The molecule has 0 saturated carbocycles. The molecule has 1 unspecified atom stereocenters. The van der Waals surface area contributed by atoms with Crippen LogP contribution in [0.1, 0.15) is 59.9 Å². The number of piperidine rings is 1. The summed E-state index contributed by atoms with van der Waals surface area (Å²) in [6, 6.07) is 3.52. The van der Waals surface area contributed by atoms with E-state index in [1.165, 1.54) is 11.0 Å². The second-order valence-electron chi connectivity index (χ2n) is 8.32. The minimum Gasteiger partial charge on any atom is -0.333 e. The van der Waals surface area contributed by atoms with E-state index in [2.05, 4.69) is 10.6 Å². The highest BCUT2D eigenvalue weighted by molar-refractivity contribution is 6.24. The summed E-state index contributed by atoms with van der Waals surface area (Å²) in [5.41, 5.74) is 0.486. The average molecular weight is 400 g/mol. The Bertz CT molecular complexity index is 918. The van der Waals surface area contributed by atoms with Gasteiger partial charge in [0.1, 0.15) is 6.04 Å². The molecule has 1 fully saturated rings. The van der Waals surface area contributed by atoms with E-state index in [1.54, 1.807) is 19.2 Å². The minimum atomic E-state index is -1.02. The zero-order valence-electron chi connectivity index (χ0n) is 16.9. The molecule has 9 nitrogen and oxygen atoms in total. The van der Waals surface area contributed by atoms with Gasteiger partial charge in [0.2, 0.25) is 11.8 Å². The van der Waals surface area contributed by atoms with Crippen molar-refractivity contribution >= 4 is 29.7 Å². The van der Waals surface area contributed by atoms with Gasteiger partial charge < -0.3 is 10.2 Å². The lowest BCUT2D eigenvalue weighted by Crippen LogP contribution is -2.54. The zero-order chi connectivity index (χ0) is 21.5. The van der Waals surface area contributed by atoms with Gasteiger partial charge in [-0.1, -0.05) is 12.1 Å². The van der Waals surface area contributed by atoms with Crippen molar-refractivity contribution < 1.29 is 24.0 Å². The molecule has 0 aliphatic carbocycles. The summed E-state index contributed by atoms with van der Waals surface area (Å²) in [6.07, 6.45) is 0.158. The van der Waals surface area contributed by atoms with Crippen molar-refractivity contribution in [1.29, 1.82) is 0 Å². The van der Waals surface area contributed by atoms with Gasteiger partial charge in [-0.2, -0.15) is 0 Å². The Balaban J connectivity index is 1.86. The third-order valence-electron chi connectivity index (χ3n) is 4.79. The largest absolute Gasteiger partial charge is 0.333 e. The SMILES string of the molecule is CN(Cc1cccc2c1C(=O)N(C1CCC(=O)NC1=O)C2=O)C(=O)NC(C)(C)C. The summed E-state index contributed by atoms with van der Waals surface area (Å²) < 4.78 is 0. The highest BCUT2D eigenvalue weighted by atomic mass is 16.2. The predicted molar refractivity (Wildman–Crippen MR) is 103 cm³/mol. The summed E-state index contributed by atoms with van der Waals surface area (Å²) in [4.78, 5) is 64.2. The van der Waals surface area contributed by atoms with Crippen LogP contribution in [0.15, 0.2) is 18.2 Å². The molecule has 3 rings (SSSR count). The Morgan fingerprint density at radius 3 is 2.52 bits per heavy atom. The first-order valence-electron chi connectivity index (χ1n) is 9.36. The molecule has 0 radical (unpaired) electrons. The van der Waals surface area contributed by atoms with E-state index in [1.807, 2.05) is 20.8 Å². The van der Waals surface area contributed by atoms with E-state index < -0.39 is 35.2 Å². The Kier molecular flexibility index (Phi) is 5.16. The molecule has 0 spiro atoms. The molecule has 1 atom stereocenters. The Labute approximate surface area is 168 Å². The molecule has 0 bridgehead atoms. The summed E-state index contributed by atoms with van der Waals surface area (Å²) in [6.45, 7) is 5.70. The van der Waals surface area contributed by atoms with Crippen LogP contribution in [0, 0.1) is 0 Å². The van der Waals surface area contributed by atoms with E-state index in [-0.39, 0.29) is 36.5 Å². The van der Waals surface area contributed by atoms with Crippen LogP contribution in [0.3, 0.4) is 0 Å². The first kappa shape index (κ1) is 20.5. The number of amides is 6. The maximum atomic E-state index is 13.1. The lowest BCUT2D eigenvalue weighted by atomic mass is 10.0. The van der Waals surface area contributed by atoms with Crippen molar-refractivity contribution in [2.45, 2.75) is 51.7 Å². The van der Waals surface area contributed by atoms with Crippen LogP contribution in [-0.2, 0) is 16.1 Å². The number of urea groups is 1. The fraction of sp³-hybridized carbons (Fsp3) is 0.450. The number of rotatable bonds is 3. The predicted octanol–water partition coefficient (Wildman–Crippen LogP) is 1.03. The van der Waals surface area contributed by atoms with Crippen LogP contribution < -0.4 is 10.6 Å². The van der Waals surface area contributed by atoms with Gasteiger partial charge in [-0.05, 0) is 38.8 Å². The zero-order valence-corrected chi connectivity index (χ0v) is 16.9. The smallest absolute Gasteiger partial charge is 0.317 e. The third kappa shape index (κ3) is 3.98. The van der Waals surface area contributed by atoms with Gasteiger partial charge in [-0.15, -0.1) is 0 Å². The van der Waals surface area contributed by atoms with Crippen LogP contribution in [0.2, 0.25) is 0 Å². The van der Waals surface area contributed by atoms with E-state index >= 15 is 0 Å². The Morgan fingerprint density at radius 2 is 1.90 bits per heavy atom. The molecule has 2 aliphatic rings. The standard InChI is InChI=1S/C20H24N4O5/c1-20(2,3)22-19(29)23(4)10-11-6-5-7-12-15(11)18(28)24(17(12)27)13-8-9-14(25)21-16(13)26/h5-7,13H,8-10H2,1-4H3,(H,22,29)(H,21,25,26). The lowest BCUT2D eigenvalue weighted by molar-refractivity contribution is -0.136. The first-order valence-corrected chi connectivity index (χ1v) is 9.36. The molecule has 2 heterocycles. The number of nitrogens with zero attached hydrogens (tertiary/aromatic N) is 2. The molecule has 9 heteroatoms. The number of hydrogen-bond donors (Lipinski definition) is 2. The fourth-order valence-electron chi connectivity index (χ4n) is 3.46. The summed E-state index contributed by atoms with van der Waals surface area (Å²) in [5, 5.41) is 5.01. The monoisotopic (exact) mass is 400 g/mol. The maximum absolute atomic E-state index is 13.1. The van der Waals surface area contributed by atoms with Crippen molar-refractivity contribution in [1.82, 2.24) is 20.4 Å². The summed E-state index contributed by atoms with van der Waals surface area (Å²) in [5.74, 6) is -2.23. The molecule has 154 valence electrons. The van der Waals surface area contributed by atoms with Crippen molar-refractivity contribution in [2.75, 3.05) is 7.05 Å². The van der Waals surface area contributed by atoms with E-state index in [0.29, 0.717) is 5.56 Å². The molecule has 2 N–H and O–H groups in total. The van der Waals surface area contributed by atoms with Crippen LogP contribution in [0.5, 0.6) is 0 Å². The van der Waals surface area contributed by atoms with Gasteiger partial charge in [0.25, 0.3) is 11.8 Å². The first-order chi connectivity index (χ1) is 13.5. The number of benzene rings is 1. The number of carbonyl (C=O) groups excluding carboxylic acids is 5. The highest BCUT2D eigenvalue weighted by Crippen LogP contribution is 2.30. The van der Waals surface area contributed by atoms with Crippen LogP contribution in [0.4, 0.5) is 4.79 Å². The number of fused-ring (bicyclic) bond motifs is 1. The Hall–Kier alpha value is -3.23. The average Bonchev–Trinajstić information content (AvgIpc) is 2.86. The highest BCUT2D eigenvalue weighted by Gasteiger charge is 2.45. The molecule has 1 aromatic rings. The number of hydrogen-bond acceptors (Lipinski definition) is 5. The van der Waals surface area contributed by atoms with E-state index in [9.17, 15) is 24.0 Å². The van der Waals surface area contributed by atoms with Crippen molar-refractivity contribution in [3.63, 3.8) is 0 Å². The third-order valence-corrected chi connectivity index (χ3v) is 4.79. The molecule has 6 amide bonds. The molecule has 0 aromatic heterocycles. The lowest BCUT2D eigenvalue weighted by Gasteiger charge is -2.28. The van der Waals surface area contributed by atoms with Crippen LogP contribution in [-0.4, -0.2) is 58.1 Å². The van der Waals surface area contributed by atoms with Gasteiger partial charge in [0.05, 0.1) is 11.1 Å². The van der Waals surface area contributed by atoms with Gasteiger partial charge in [-0.25, -0.2) is 4.79 Å². The molecule has 2 aliphatic heterocycles. The Morgan fingerprint density at radius 1 is 1.21 bits per heavy atom. The molecule has 1 saturated heterocycles. The molecular formula is C20H24N4O5. The molecule has 1 aromatic carbocycles. The quantitative estimate of drug-likeness (QED) is 0.735. The minimum absolute atomic E-state index is 0.0619. The van der Waals surface area contributed by atoms with Gasteiger partial charge in [-0.3, -0.25) is 29.4 Å². The fourth-order valence-corrected chi connectivity index (χ4v) is 3.46. The van der Waals surface area contributed by atoms with Crippen molar-refractivity contribution in [3.05, 3.63) is 34.9 Å². The van der Waals surface area contributed by atoms with Crippen LogP contribution >= 0.6 is 0 Å². The van der Waals surface area contributed by atoms with Crippen molar-refractivity contribution in [3.8, 4) is 0 Å². The second kappa shape index (κ2) is 7.31. The van der Waals surface area contributed by atoms with E-state index in [4.69, 9.17) is 0 Å². The van der Waals surface area contributed by atoms with Gasteiger partial charge in [0.15, 0.2) is 0 Å². The number of carbonyl (C=O) groups is 5. The maximum Gasteiger partial charge on any atom is 0.317 e. The summed E-state index contributed by atoms with van der Waals surface area (Å²) >= 11 is 0. The molecular weight excluding hydrogens is 376 g/mol. The number of imide groups is 2. The number of nitrogens with one attached hydrogen (secondary N) is 2. The van der Waals surface area contributed by atoms with Gasteiger partial charge >= 0.3 is 6.03 Å². The summed E-state index contributed by atoms with van der Waals surface area (Å²) in [7, 11) is 1.60. The normalized spacial score (nSPS) is 19.2. The topological polar surface area (TPSA) is 116 Å². The second-order valence-corrected chi connectivity index (χ2v) is 8.32. The van der Waals surface area contributed by atoms with Gasteiger partial charge in [0, 0.05) is 25.6 Å². The molecule has 29 heavy (non-hydrogen) atoms. The van der Waals surface area contributed by atoms with Crippen molar-refractivity contribution in [2.24, 2.45) is 0 Å².